The van der Waals surface area contributed by atoms with Gasteiger partial charge in [0.05, 0.1) is 19.2 Å². The predicted molar refractivity (Wildman–Crippen MR) is 79.6 cm³/mol. The highest BCUT2D eigenvalue weighted by Gasteiger charge is 2.28. The van der Waals surface area contributed by atoms with E-state index in [4.69, 9.17) is 10.5 Å². The largest absolute Gasteiger partial charge is 0.497 e. The van der Waals surface area contributed by atoms with Gasteiger partial charge in [0.2, 0.25) is 5.91 Å². The molecule has 0 radical (unpaired) electrons. The lowest BCUT2D eigenvalue weighted by Crippen LogP contribution is -2.44. The van der Waals surface area contributed by atoms with Crippen LogP contribution < -0.4 is 10.5 Å². The molecule has 1 heterocycles. The van der Waals surface area contributed by atoms with E-state index in [2.05, 4.69) is 12.1 Å². The molecule has 0 bridgehead atoms. The van der Waals surface area contributed by atoms with E-state index in [1.54, 1.807) is 14.0 Å². The Morgan fingerprint density at radius 3 is 2.60 bits per heavy atom. The van der Waals surface area contributed by atoms with Gasteiger partial charge in [-0.25, -0.2) is 0 Å². The van der Waals surface area contributed by atoms with Crippen molar-refractivity contribution in [3.63, 3.8) is 0 Å². The summed E-state index contributed by atoms with van der Waals surface area (Å²) in [5.74, 6) is 0.889. The highest BCUT2D eigenvalue weighted by molar-refractivity contribution is 5.81. The fourth-order valence-corrected chi connectivity index (χ4v) is 2.81. The summed E-state index contributed by atoms with van der Waals surface area (Å²) in [6.07, 6.45) is 4.39. The minimum absolute atomic E-state index is 0.0488. The van der Waals surface area contributed by atoms with Gasteiger partial charge in [0, 0.05) is 6.54 Å². The monoisotopic (exact) mass is 276 g/mol. The van der Waals surface area contributed by atoms with Crippen molar-refractivity contribution in [2.24, 2.45) is 5.73 Å². The van der Waals surface area contributed by atoms with Gasteiger partial charge in [0.15, 0.2) is 0 Å². The molecule has 0 aromatic heterocycles. The first-order chi connectivity index (χ1) is 9.63. The average Bonchev–Trinajstić information content (AvgIpc) is 2.72. The molecule has 4 heteroatoms. The molecule has 2 N–H and O–H groups in total. The van der Waals surface area contributed by atoms with E-state index < -0.39 is 6.04 Å². The Bertz CT molecular complexity index is 442. The lowest BCUT2D eigenvalue weighted by Gasteiger charge is -2.32. The molecule has 1 aromatic carbocycles. The maximum Gasteiger partial charge on any atom is 0.239 e. The second-order valence-corrected chi connectivity index (χ2v) is 5.46. The standard InChI is InChI=1S/C16H24N2O2/c1-12(17)16(19)18-11-5-3-4-6-15(18)13-7-9-14(20-2)10-8-13/h7-10,12,15H,3-6,11,17H2,1-2H3/t12-,15?/m0/s1. The normalized spacial score (nSPS) is 21.1. The zero-order valence-electron chi connectivity index (χ0n) is 12.3. The van der Waals surface area contributed by atoms with Crippen molar-refractivity contribution in [3.05, 3.63) is 29.8 Å². The maximum atomic E-state index is 12.3. The van der Waals surface area contributed by atoms with Crippen molar-refractivity contribution in [1.82, 2.24) is 4.90 Å². The molecule has 1 aliphatic rings. The highest BCUT2D eigenvalue weighted by atomic mass is 16.5. The van der Waals surface area contributed by atoms with Crippen LogP contribution in [0.3, 0.4) is 0 Å². The molecular formula is C16H24N2O2. The zero-order chi connectivity index (χ0) is 14.5. The number of hydrogen-bond donors (Lipinski definition) is 1. The summed E-state index contributed by atoms with van der Waals surface area (Å²) >= 11 is 0. The van der Waals surface area contributed by atoms with Gasteiger partial charge >= 0.3 is 0 Å². The van der Waals surface area contributed by atoms with Crippen LogP contribution in [-0.2, 0) is 4.79 Å². The molecule has 20 heavy (non-hydrogen) atoms. The summed E-state index contributed by atoms with van der Waals surface area (Å²) < 4.78 is 5.19. The highest BCUT2D eigenvalue weighted by Crippen LogP contribution is 2.31. The summed E-state index contributed by atoms with van der Waals surface area (Å²) in [7, 11) is 1.66. The first-order valence-electron chi connectivity index (χ1n) is 7.33. The van der Waals surface area contributed by atoms with Gasteiger partial charge in [0.25, 0.3) is 0 Å². The number of nitrogens with zero attached hydrogens (tertiary/aromatic N) is 1. The van der Waals surface area contributed by atoms with Crippen molar-refractivity contribution in [2.45, 2.75) is 44.7 Å². The van der Waals surface area contributed by atoms with E-state index in [1.807, 2.05) is 17.0 Å². The van der Waals surface area contributed by atoms with Crippen LogP contribution in [0.5, 0.6) is 5.75 Å². The summed E-state index contributed by atoms with van der Waals surface area (Å²) in [6, 6.07) is 7.71. The summed E-state index contributed by atoms with van der Waals surface area (Å²) in [4.78, 5) is 14.3. The van der Waals surface area contributed by atoms with Crippen molar-refractivity contribution in [3.8, 4) is 5.75 Å². The molecule has 1 amide bonds. The van der Waals surface area contributed by atoms with Crippen molar-refractivity contribution < 1.29 is 9.53 Å². The second kappa shape index (κ2) is 6.75. The maximum absolute atomic E-state index is 12.3. The third-order valence-corrected chi connectivity index (χ3v) is 3.93. The number of rotatable bonds is 3. The van der Waals surface area contributed by atoms with Crippen molar-refractivity contribution >= 4 is 5.91 Å². The SMILES string of the molecule is COc1ccc(C2CCCCCN2C(=O)[C@H](C)N)cc1. The molecular weight excluding hydrogens is 252 g/mol. The van der Waals surface area contributed by atoms with Crippen LogP contribution in [0.4, 0.5) is 0 Å². The number of ether oxygens (including phenoxy) is 1. The van der Waals surface area contributed by atoms with E-state index in [9.17, 15) is 4.79 Å². The quantitative estimate of drug-likeness (QED) is 0.922. The lowest BCUT2D eigenvalue weighted by atomic mass is 10.00. The Labute approximate surface area is 120 Å². The van der Waals surface area contributed by atoms with Crippen LogP contribution in [0, 0.1) is 0 Å². The van der Waals surface area contributed by atoms with Crippen LogP contribution in [-0.4, -0.2) is 30.5 Å². The van der Waals surface area contributed by atoms with Crippen LogP contribution in [0.1, 0.15) is 44.2 Å². The van der Waals surface area contributed by atoms with Gasteiger partial charge < -0.3 is 15.4 Å². The van der Waals surface area contributed by atoms with E-state index >= 15 is 0 Å². The molecule has 1 aromatic rings. The molecule has 2 rings (SSSR count). The number of carbonyl (C=O) groups excluding carboxylic acids is 1. The van der Waals surface area contributed by atoms with Gasteiger partial charge in [-0.3, -0.25) is 4.79 Å². The molecule has 1 aliphatic heterocycles. The minimum Gasteiger partial charge on any atom is -0.497 e. The number of carbonyl (C=O) groups is 1. The fourth-order valence-electron chi connectivity index (χ4n) is 2.81. The fraction of sp³-hybridized carbons (Fsp3) is 0.562. The zero-order valence-corrected chi connectivity index (χ0v) is 12.3. The van der Waals surface area contributed by atoms with Gasteiger partial charge in [-0.15, -0.1) is 0 Å². The van der Waals surface area contributed by atoms with Gasteiger partial charge in [0.1, 0.15) is 5.75 Å². The van der Waals surface area contributed by atoms with Crippen LogP contribution in [0.25, 0.3) is 0 Å². The van der Waals surface area contributed by atoms with Crippen LogP contribution in [0.15, 0.2) is 24.3 Å². The third kappa shape index (κ3) is 3.31. The smallest absolute Gasteiger partial charge is 0.239 e. The van der Waals surface area contributed by atoms with Gasteiger partial charge in [-0.1, -0.05) is 25.0 Å². The molecule has 0 saturated carbocycles. The Morgan fingerprint density at radius 2 is 2.00 bits per heavy atom. The Morgan fingerprint density at radius 1 is 1.30 bits per heavy atom. The molecule has 1 unspecified atom stereocenters. The Kier molecular flexibility index (Phi) is 5.01. The minimum atomic E-state index is -0.436. The van der Waals surface area contributed by atoms with Gasteiger partial charge in [-0.05, 0) is 37.5 Å². The summed E-state index contributed by atoms with van der Waals surface area (Å²) in [5.41, 5.74) is 6.96. The number of likely N-dealkylation sites (tertiary alicyclic amines) is 1. The first-order valence-corrected chi connectivity index (χ1v) is 7.33. The lowest BCUT2D eigenvalue weighted by molar-refractivity contribution is -0.134. The Hall–Kier alpha value is -1.55. The number of hydrogen-bond acceptors (Lipinski definition) is 3. The molecule has 0 spiro atoms. The summed E-state index contributed by atoms with van der Waals surface area (Å²) in [6.45, 7) is 2.56. The van der Waals surface area contributed by atoms with Gasteiger partial charge in [-0.2, -0.15) is 0 Å². The van der Waals surface area contributed by atoms with E-state index in [1.165, 1.54) is 12.0 Å². The first kappa shape index (κ1) is 14.9. The van der Waals surface area contributed by atoms with E-state index in [0.717, 1.165) is 31.6 Å². The molecule has 110 valence electrons. The second-order valence-electron chi connectivity index (χ2n) is 5.46. The number of benzene rings is 1. The molecule has 1 fully saturated rings. The summed E-state index contributed by atoms with van der Waals surface area (Å²) in [5, 5.41) is 0. The molecule has 0 aliphatic carbocycles. The van der Waals surface area contributed by atoms with Crippen LogP contribution in [0.2, 0.25) is 0 Å². The predicted octanol–water partition coefficient (Wildman–Crippen LogP) is 2.49. The average molecular weight is 276 g/mol. The van der Waals surface area contributed by atoms with E-state index in [0.29, 0.717) is 0 Å². The molecule has 1 saturated heterocycles. The number of amides is 1. The third-order valence-electron chi connectivity index (χ3n) is 3.93. The van der Waals surface area contributed by atoms with Crippen LogP contribution >= 0.6 is 0 Å². The molecule has 4 nitrogen and oxygen atoms in total. The number of nitrogens with two attached hydrogens (primary N) is 1. The van der Waals surface area contributed by atoms with E-state index in [-0.39, 0.29) is 11.9 Å². The Balaban J connectivity index is 2.25. The van der Waals surface area contributed by atoms with Crippen molar-refractivity contribution in [1.29, 1.82) is 0 Å². The number of methoxy groups -OCH3 is 1. The topological polar surface area (TPSA) is 55.6 Å². The van der Waals surface area contributed by atoms with Crippen molar-refractivity contribution in [2.75, 3.05) is 13.7 Å². The molecule has 2 atom stereocenters.